The molecule has 2 aromatic heterocycles. The Morgan fingerprint density at radius 1 is 1.15 bits per heavy atom. The number of anilines is 3. The average Bonchev–Trinajstić information content (AvgIpc) is 3.40. The number of aldehydes is 1. The Kier molecular flexibility index (Phi) is 6.80. The Morgan fingerprint density at radius 3 is 2.68 bits per heavy atom. The first-order valence-corrected chi connectivity index (χ1v) is 11.8. The molecule has 0 radical (unpaired) electrons. The Hall–Kier alpha value is -2.95. The number of ether oxygens (including phenoxy) is 1. The van der Waals surface area contributed by atoms with Gasteiger partial charge in [0.1, 0.15) is 23.2 Å². The summed E-state index contributed by atoms with van der Waals surface area (Å²) in [5.74, 6) is 0.568. The maximum Gasteiger partial charge on any atom is 0.226 e. The zero-order chi connectivity index (χ0) is 23.5. The van der Waals surface area contributed by atoms with Crippen LogP contribution in [0.1, 0.15) is 25.7 Å². The average molecular weight is 486 g/mol. The quantitative estimate of drug-likeness (QED) is 0.504. The van der Waals surface area contributed by atoms with Crippen molar-refractivity contribution in [3.8, 4) is 0 Å². The number of carbonyl (C=O) groups excluding carboxylic acids is 1. The second-order valence-electron chi connectivity index (χ2n) is 8.47. The van der Waals surface area contributed by atoms with Crippen molar-refractivity contribution < 1.29 is 13.9 Å². The predicted molar refractivity (Wildman–Crippen MR) is 127 cm³/mol. The molecule has 1 aromatic carbocycles. The Morgan fingerprint density at radius 2 is 1.94 bits per heavy atom. The molecule has 1 atom stereocenters. The number of nitrogens with zero attached hydrogens (tertiary/aromatic N) is 6. The summed E-state index contributed by atoms with van der Waals surface area (Å²) >= 11 is 5.90. The molecule has 1 unspecified atom stereocenters. The van der Waals surface area contributed by atoms with E-state index in [1.807, 2.05) is 0 Å². The highest BCUT2D eigenvalue weighted by atomic mass is 35.5. The number of piperidine rings is 1. The lowest BCUT2D eigenvalue weighted by Crippen LogP contribution is -2.44. The van der Waals surface area contributed by atoms with Gasteiger partial charge < -0.3 is 15.0 Å². The molecule has 2 fully saturated rings. The zero-order valence-electron chi connectivity index (χ0n) is 18.5. The fourth-order valence-corrected chi connectivity index (χ4v) is 4.57. The van der Waals surface area contributed by atoms with E-state index < -0.39 is 12.0 Å². The molecule has 1 N–H and O–H groups in total. The molecule has 0 saturated carbocycles. The van der Waals surface area contributed by atoms with Crippen LogP contribution in [0.2, 0.25) is 5.02 Å². The normalized spacial score (nSPS) is 18.4. The third-order valence-corrected chi connectivity index (χ3v) is 6.51. The summed E-state index contributed by atoms with van der Waals surface area (Å²) in [5, 5.41) is 3.16. The minimum absolute atomic E-state index is 0.0188. The smallest absolute Gasteiger partial charge is 0.226 e. The van der Waals surface area contributed by atoms with E-state index in [4.69, 9.17) is 21.3 Å². The summed E-state index contributed by atoms with van der Waals surface area (Å²) in [6.07, 6.45) is 7.35. The highest BCUT2D eigenvalue weighted by molar-refractivity contribution is 6.31. The molecule has 2 aliphatic heterocycles. The van der Waals surface area contributed by atoms with Crippen molar-refractivity contribution >= 4 is 46.4 Å². The van der Waals surface area contributed by atoms with E-state index >= 15 is 0 Å². The number of benzene rings is 1. The van der Waals surface area contributed by atoms with Gasteiger partial charge >= 0.3 is 0 Å². The predicted octanol–water partition coefficient (Wildman–Crippen LogP) is 3.56. The van der Waals surface area contributed by atoms with Crippen LogP contribution in [0.25, 0.3) is 11.0 Å². The lowest BCUT2D eigenvalue weighted by molar-refractivity contribution is -0.139. The summed E-state index contributed by atoms with van der Waals surface area (Å²) in [6, 6.07) is 4.36. The molecule has 2 saturated heterocycles. The molecule has 34 heavy (non-hydrogen) atoms. The zero-order valence-corrected chi connectivity index (χ0v) is 19.3. The summed E-state index contributed by atoms with van der Waals surface area (Å²) in [4.78, 5) is 33.5. The van der Waals surface area contributed by atoms with Gasteiger partial charge in [0.25, 0.3) is 0 Å². The van der Waals surface area contributed by atoms with Crippen molar-refractivity contribution in [3.63, 3.8) is 0 Å². The first kappa shape index (κ1) is 22.8. The van der Waals surface area contributed by atoms with E-state index in [9.17, 15) is 9.18 Å². The van der Waals surface area contributed by atoms with Crippen molar-refractivity contribution in [1.29, 1.82) is 0 Å². The van der Waals surface area contributed by atoms with Crippen LogP contribution in [0.3, 0.4) is 0 Å². The van der Waals surface area contributed by atoms with Crippen molar-refractivity contribution in [2.45, 2.75) is 38.0 Å². The fourth-order valence-electron chi connectivity index (χ4n) is 4.39. The molecule has 0 spiro atoms. The first-order valence-electron chi connectivity index (χ1n) is 11.4. The lowest BCUT2D eigenvalue weighted by Gasteiger charge is -2.34. The number of fused-ring (bicyclic) bond motifs is 1. The molecule has 4 heterocycles. The van der Waals surface area contributed by atoms with Crippen LogP contribution in [0.4, 0.5) is 21.8 Å². The third-order valence-electron chi connectivity index (χ3n) is 6.22. The second-order valence-corrected chi connectivity index (χ2v) is 8.88. The van der Waals surface area contributed by atoms with Gasteiger partial charge in [-0.25, -0.2) is 24.3 Å². The standard InChI is InChI=1S/C23H25ClFN7O2/c24-17-11-15(3-4-18(17)25)29-22-21-19(27-14-28-22)12-26-23(30-21)32-9-5-16(6-10-32)34-20(13-33)31-7-1-2-8-31/h3-4,11-14,16,20H,1-2,5-10H2,(H,27,28,29). The number of hydrogen-bond acceptors (Lipinski definition) is 9. The van der Waals surface area contributed by atoms with Gasteiger partial charge in [-0.3, -0.25) is 9.69 Å². The lowest BCUT2D eigenvalue weighted by atomic mass is 10.1. The summed E-state index contributed by atoms with van der Waals surface area (Å²) < 4.78 is 19.6. The molecular weight excluding hydrogens is 461 g/mol. The van der Waals surface area contributed by atoms with E-state index in [0.29, 0.717) is 41.6 Å². The largest absolute Gasteiger partial charge is 0.353 e. The van der Waals surface area contributed by atoms with Gasteiger partial charge in [0, 0.05) is 31.9 Å². The third kappa shape index (κ3) is 4.94. The number of likely N-dealkylation sites (tertiary alicyclic amines) is 1. The van der Waals surface area contributed by atoms with Crippen LogP contribution in [0, 0.1) is 5.82 Å². The maximum absolute atomic E-state index is 13.5. The van der Waals surface area contributed by atoms with Crippen molar-refractivity contribution in [2.24, 2.45) is 0 Å². The monoisotopic (exact) mass is 485 g/mol. The SMILES string of the molecule is O=CC(OC1CCN(c2ncc3ncnc(Nc4ccc(F)c(Cl)c4)c3n2)CC1)N1CCCC1. The van der Waals surface area contributed by atoms with Crippen LogP contribution < -0.4 is 10.2 Å². The van der Waals surface area contributed by atoms with Gasteiger partial charge in [-0.1, -0.05) is 11.6 Å². The fraction of sp³-hybridized carbons (Fsp3) is 0.435. The van der Waals surface area contributed by atoms with Crippen molar-refractivity contribution in [2.75, 3.05) is 36.4 Å². The van der Waals surface area contributed by atoms with Crippen LogP contribution in [0.5, 0.6) is 0 Å². The van der Waals surface area contributed by atoms with Gasteiger partial charge in [-0.2, -0.15) is 0 Å². The van der Waals surface area contributed by atoms with E-state index in [1.54, 1.807) is 12.3 Å². The van der Waals surface area contributed by atoms with Gasteiger partial charge in [-0.05, 0) is 43.9 Å². The Labute approximate surface area is 201 Å². The number of hydrogen-bond donors (Lipinski definition) is 1. The van der Waals surface area contributed by atoms with Crippen LogP contribution >= 0.6 is 11.6 Å². The number of aromatic nitrogens is 4. The van der Waals surface area contributed by atoms with E-state index in [2.05, 4.69) is 30.1 Å². The van der Waals surface area contributed by atoms with Crippen LogP contribution in [-0.4, -0.2) is 69.6 Å². The second kappa shape index (κ2) is 10.1. The van der Waals surface area contributed by atoms with E-state index in [1.165, 1.54) is 18.5 Å². The maximum atomic E-state index is 13.5. The Bertz CT molecular complexity index is 1170. The highest BCUT2D eigenvalue weighted by Gasteiger charge is 2.28. The van der Waals surface area contributed by atoms with Gasteiger partial charge in [0.15, 0.2) is 18.3 Å². The summed E-state index contributed by atoms with van der Waals surface area (Å²) in [7, 11) is 0. The highest BCUT2D eigenvalue weighted by Crippen LogP contribution is 2.27. The minimum Gasteiger partial charge on any atom is -0.353 e. The van der Waals surface area contributed by atoms with Crippen molar-refractivity contribution in [3.05, 3.63) is 41.6 Å². The molecule has 178 valence electrons. The van der Waals surface area contributed by atoms with Gasteiger partial charge in [0.05, 0.1) is 17.3 Å². The van der Waals surface area contributed by atoms with Gasteiger partial charge in [-0.15, -0.1) is 0 Å². The number of rotatable bonds is 7. The molecule has 0 amide bonds. The van der Waals surface area contributed by atoms with E-state index in [-0.39, 0.29) is 11.1 Å². The summed E-state index contributed by atoms with van der Waals surface area (Å²) in [6.45, 7) is 3.25. The van der Waals surface area contributed by atoms with Crippen LogP contribution in [-0.2, 0) is 9.53 Å². The van der Waals surface area contributed by atoms with E-state index in [0.717, 1.165) is 45.1 Å². The van der Waals surface area contributed by atoms with Gasteiger partial charge in [0.2, 0.25) is 5.95 Å². The Balaban J connectivity index is 1.28. The number of carbonyl (C=O) groups is 1. The minimum atomic E-state index is -0.489. The molecule has 0 aliphatic carbocycles. The number of halogens is 2. The molecule has 0 bridgehead atoms. The molecule has 11 heteroatoms. The van der Waals surface area contributed by atoms with Crippen LogP contribution in [0.15, 0.2) is 30.7 Å². The molecular formula is C23H25ClFN7O2. The number of nitrogens with one attached hydrogen (secondary N) is 1. The topological polar surface area (TPSA) is 96.4 Å². The molecule has 2 aliphatic rings. The first-order chi connectivity index (χ1) is 16.6. The van der Waals surface area contributed by atoms with Crippen molar-refractivity contribution in [1.82, 2.24) is 24.8 Å². The summed E-state index contributed by atoms with van der Waals surface area (Å²) in [5.41, 5.74) is 1.74. The molecule has 3 aromatic rings. The molecule has 9 nitrogen and oxygen atoms in total. The molecule has 5 rings (SSSR count).